The molecule has 1 aromatic rings. The van der Waals surface area contributed by atoms with Crippen molar-refractivity contribution in [1.82, 2.24) is 20.4 Å². The zero-order chi connectivity index (χ0) is 7.56. The first-order chi connectivity index (χ1) is 4.70. The fourth-order valence-electron chi connectivity index (χ4n) is 0.456. The molecule has 0 atom stereocenters. The Morgan fingerprint density at radius 1 is 1.10 bits per heavy atom. The first-order valence-electron chi connectivity index (χ1n) is 2.93. The van der Waals surface area contributed by atoms with Gasteiger partial charge in [0.05, 0.1) is 0 Å². The van der Waals surface area contributed by atoms with Gasteiger partial charge in [-0.25, -0.2) is 0 Å². The molecule has 10 heavy (non-hydrogen) atoms. The van der Waals surface area contributed by atoms with Crippen molar-refractivity contribution >= 4 is 22.6 Å². The van der Waals surface area contributed by atoms with E-state index in [1.54, 1.807) is 0 Å². The molecule has 0 aliphatic heterocycles. The van der Waals surface area contributed by atoms with Gasteiger partial charge in [-0.05, 0) is 0 Å². The number of rotatable bonds is 1. The SMILES string of the molecule is CC(C)c1nnc(I)nn1. The molecular weight excluding hydrogens is 243 g/mol. The van der Waals surface area contributed by atoms with Crippen LogP contribution >= 0.6 is 22.6 Å². The summed E-state index contributed by atoms with van der Waals surface area (Å²) in [6, 6.07) is 0. The molecule has 4 nitrogen and oxygen atoms in total. The number of hydrogen-bond acceptors (Lipinski definition) is 4. The van der Waals surface area contributed by atoms with E-state index in [4.69, 9.17) is 0 Å². The van der Waals surface area contributed by atoms with Gasteiger partial charge in [0.25, 0.3) is 0 Å². The predicted octanol–water partition coefficient (Wildman–Crippen LogP) is 0.995. The van der Waals surface area contributed by atoms with E-state index in [0.717, 1.165) is 0 Å². The van der Waals surface area contributed by atoms with E-state index >= 15 is 0 Å². The van der Waals surface area contributed by atoms with E-state index in [1.807, 2.05) is 36.4 Å². The molecule has 0 fully saturated rings. The molecule has 0 saturated carbocycles. The fraction of sp³-hybridized carbons (Fsp3) is 0.600. The van der Waals surface area contributed by atoms with Crippen molar-refractivity contribution in [3.8, 4) is 0 Å². The minimum Gasteiger partial charge on any atom is -0.130 e. The molecule has 0 unspecified atom stereocenters. The molecule has 1 aromatic heterocycles. The average molecular weight is 250 g/mol. The Morgan fingerprint density at radius 2 is 1.60 bits per heavy atom. The Morgan fingerprint density at radius 3 is 2.00 bits per heavy atom. The van der Waals surface area contributed by atoms with Gasteiger partial charge in [-0.2, -0.15) is 0 Å². The van der Waals surface area contributed by atoms with Crippen molar-refractivity contribution in [2.75, 3.05) is 0 Å². The van der Waals surface area contributed by atoms with Crippen LogP contribution in [0.3, 0.4) is 0 Å². The Hall–Kier alpha value is -0.330. The summed E-state index contributed by atoms with van der Waals surface area (Å²) in [5.41, 5.74) is 0. The smallest absolute Gasteiger partial charge is 0.130 e. The molecule has 0 saturated heterocycles. The first kappa shape index (κ1) is 7.77. The van der Waals surface area contributed by atoms with Crippen LogP contribution in [-0.4, -0.2) is 20.4 Å². The molecule has 54 valence electrons. The molecule has 5 heteroatoms. The third-order valence-corrected chi connectivity index (χ3v) is 1.42. The van der Waals surface area contributed by atoms with E-state index in [2.05, 4.69) is 20.4 Å². The second-order valence-electron chi connectivity index (χ2n) is 2.18. The topological polar surface area (TPSA) is 51.6 Å². The molecule has 0 amide bonds. The second-order valence-corrected chi connectivity index (χ2v) is 3.15. The maximum absolute atomic E-state index is 3.85. The third-order valence-electron chi connectivity index (χ3n) is 0.986. The normalized spacial score (nSPS) is 10.4. The third kappa shape index (κ3) is 1.83. The van der Waals surface area contributed by atoms with Gasteiger partial charge in [0, 0.05) is 28.5 Å². The minimum absolute atomic E-state index is 0.303. The Bertz CT molecular complexity index is 207. The van der Waals surface area contributed by atoms with Gasteiger partial charge in [-0.15, -0.1) is 20.4 Å². The summed E-state index contributed by atoms with van der Waals surface area (Å²) >= 11 is 1.97. The largest absolute Gasteiger partial charge is 0.232 e. The highest BCUT2D eigenvalue weighted by Gasteiger charge is 2.02. The standard InChI is InChI=1S/C5H7IN4/c1-3(2)4-7-9-5(6)10-8-4/h3H,1-2H3. The van der Waals surface area contributed by atoms with Crippen LogP contribution in [0.25, 0.3) is 0 Å². The molecule has 0 N–H and O–H groups in total. The quantitative estimate of drug-likeness (QED) is 0.697. The minimum atomic E-state index is 0.303. The van der Waals surface area contributed by atoms with Gasteiger partial charge < -0.3 is 0 Å². The van der Waals surface area contributed by atoms with E-state index in [1.165, 1.54) is 0 Å². The van der Waals surface area contributed by atoms with Crippen molar-refractivity contribution in [3.63, 3.8) is 0 Å². The van der Waals surface area contributed by atoms with Gasteiger partial charge in [0.2, 0.25) is 3.83 Å². The molecule has 0 aromatic carbocycles. The Balaban J connectivity index is 2.89. The van der Waals surface area contributed by atoms with Gasteiger partial charge in [-0.3, -0.25) is 0 Å². The lowest BCUT2D eigenvalue weighted by molar-refractivity contribution is 0.677. The molecule has 0 radical (unpaired) electrons. The van der Waals surface area contributed by atoms with Gasteiger partial charge in [0.15, 0.2) is 5.82 Å². The summed E-state index contributed by atoms with van der Waals surface area (Å²) < 4.78 is 0.585. The summed E-state index contributed by atoms with van der Waals surface area (Å²) in [7, 11) is 0. The lowest BCUT2D eigenvalue weighted by Crippen LogP contribution is -2.03. The van der Waals surface area contributed by atoms with Gasteiger partial charge in [0.1, 0.15) is 0 Å². The molecule has 0 spiro atoms. The lowest BCUT2D eigenvalue weighted by Gasteiger charge is -1.97. The van der Waals surface area contributed by atoms with Crippen molar-refractivity contribution in [2.24, 2.45) is 0 Å². The van der Waals surface area contributed by atoms with E-state index in [0.29, 0.717) is 15.6 Å². The number of aromatic nitrogens is 4. The summed E-state index contributed by atoms with van der Waals surface area (Å²) in [5.74, 6) is 0.998. The zero-order valence-corrected chi connectivity index (χ0v) is 7.90. The summed E-state index contributed by atoms with van der Waals surface area (Å²) in [6.45, 7) is 4.01. The molecule has 1 rings (SSSR count). The fourth-order valence-corrected chi connectivity index (χ4v) is 0.672. The monoisotopic (exact) mass is 250 g/mol. The number of nitrogens with zero attached hydrogens (tertiary/aromatic N) is 4. The lowest BCUT2D eigenvalue weighted by atomic mass is 10.2. The Labute approximate surface area is 72.6 Å². The second kappa shape index (κ2) is 3.18. The van der Waals surface area contributed by atoms with Crippen LogP contribution in [0.2, 0.25) is 0 Å². The zero-order valence-electron chi connectivity index (χ0n) is 5.74. The summed E-state index contributed by atoms with van der Waals surface area (Å²) in [5, 5.41) is 15.2. The molecule has 1 heterocycles. The summed E-state index contributed by atoms with van der Waals surface area (Å²) in [4.78, 5) is 0. The van der Waals surface area contributed by atoms with Crippen LogP contribution in [0.1, 0.15) is 25.6 Å². The molecular formula is C5H7IN4. The maximum atomic E-state index is 3.85. The van der Waals surface area contributed by atoms with Crippen LogP contribution < -0.4 is 0 Å². The highest BCUT2D eigenvalue weighted by molar-refractivity contribution is 14.1. The molecule has 0 bridgehead atoms. The van der Waals surface area contributed by atoms with Crippen LogP contribution in [0, 0.1) is 3.83 Å². The number of halogens is 1. The number of hydrogen-bond donors (Lipinski definition) is 0. The van der Waals surface area contributed by atoms with Crippen molar-refractivity contribution < 1.29 is 0 Å². The van der Waals surface area contributed by atoms with Crippen molar-refractivity contribution in [3.05, 3.63) is 9.66 Å². The Kier molecular flexibility index (Phi) is 2.47. The van der Waals surface area contributed by atoms with Crippen LogP contribution in [0.5, 0.6) is 0 Å². The van der Waals surface area contributed by atoms with E-state index < -0.39 is 0 Å². The van der Waals surface area contributed by atoms with E-state index in [9.17, 15) is 0 Å². The van der Waals surface area contributed by atoms with Crippen LogP contribution in [0.4, 0.5) is 0 Å². The predicted molar refractivity (Wildman–Crippen MR) is 44.4 cm³/mol. The van der Waals surface area contributed by atoms with Gasteiger partial charge in [-0.1, -0.05) is 13.8 Å². The van der Waals surface area contributed by atoms with Gasteiger partial charge >= 0.3 is 0 Å². The highest BCUT2D eigenvalue weighted by Crippen LogP contribution is 2.04. The summed E-state index contributed by atoms with van der Waals surface area (Å²) in [6.07, 6.45) is 0. The highest BCUT2D eigenvalue weighted by atomic mass is 127. The average Bonchev–Trinajstić information content (AvgIpc) is 1.88. The molecule has 0 aliphatic carbocycles. The van der Waals surface area contributed by atoms with Crippen LogP contribution in [0.15, 0.2) is 0 Å². The van der Waals surface area contributed by atoms with E-state index in [-0.39, 0.29) is 0 Å². The first-order valence-corrected chi connectivity index (χ1v) is 4.01. The molecule has 0 aliphatic rings. The van der Waals surface area contributed by atoms with Crippen LogP contribution in [-0.2, 0) is 0 Å². The van der Waals surface area contributed by atoms with Crippen molar-refractivity contribution in [1.29, 1.82) is 0 Å². The maximum Gasteiger partial charge on any atom is 0.232 e. The van der Waals surface area contributed by atoms with Crippen molar-refractivity contribution in [2.45, 2.75) is 19.8 Å².